The van der Waals surface area contributed by atoms with E-state index in [0.29, 0.717) is 24.3 Å². The Hall–Kier alpha value is -0.570. The lowest BCUT2D eigenvalue weighted by molar-refractivity contribution is -0.133. The van der Waals surface area contributed by atoms with E-state index < -0.39 is 0 Å². The quantitative estimate of drug-likeness (QED) is 0.709. The first-order valence-corrected chi connectivity index (χ1v) is 5.95. The SMILES string of the molecule is CC(C)CC(=O)N1CCC(N(C)C)CC1. The van der Waals surface area contributed by atoms with Crippen LogP contribution in [0, 0.1) is 5.92 Å². The molecule has 1 aliphatic rings. The highest BCUT2D eigenvalue weighted by Crippen LogP contribution is 2.16. The van der Waals surface area contributed by atoms with Crippen molar-refractivity contribution in [3.8, 4) is 0 Å². The fraction of sp³-hybridized carbons (Fsp3) is 0.917. The van der Waals surface area contributed by atoms with E-state index in [1.54, 1.807) is 0 Å². The zero-order valence-electron chi connectivity index (χ0n) is 10.5. The third-order valence-electron chi connectivity index (χ3n) is 3.13. The largest absolute Gasteiger partial charge is 0.343 e. The molecule has 0 aromatic carbocycles. The fourth-order valence-corrected chi connectivity index (χ4v) is 2.11. The van der Waals surface area contributed by atoms with E-state index in [-0.39, 0.29) is 0 Å². The number of rotatable bonds is 3. The highest BCUT2D eigenvalue weighted by atomic mass is 16.2. The molecule has 0 aliphatic carbocycles. The molecule has 1 amide bonds. The molecule has 0 aromatic heterocycles. The Morgan fingerprint density at radius 1 is 1.33 bits per heavy atom. The van der Waals surface area contributed by atoms with Gasteiger partial charge in [-0.05, 0) is 32.9 Å². The first kappa shape index (κ1) is 12.5. The molecular weight excluding hydrogens is 188 g/mol. The van der Waals surface area contributed by atoms with Crippen LogP contribution in [0.3, 0.4) is 0 Å². The van der Waals surface area contributed by atoms with Crippen LogP contribution in [0.1, 0.15) is 33.1 Å². The van der Waals surface area contributed by atoms with Crippen LogP contribution < -0.4 is 0 Å². The van der Waals surface area contributed by atoms with Crippen molar-refractivity contribution in [1.29, 1.82) is 0 Å². The first-order valence-electron chi connectivity index (χ1n) is 5.95. The normalized spacial score (nSPS) is 18.9. The topological polar surface area (TPSA) is 23.6 Å². The average molecular weight is 212 g/mol. The minimum Gasteiger partial charge on any atom is -0.343 e. The summed E-state index contributed by atoms with van der Waals surface area (Å²) in [5.41, 5.74) is 0. The molecule has 0 bridgehead atoms. The van der Waals surface area contributed by atoms with Gasteiger partial charge in [-0.1, -0.05) is 13.8 Å². The van der Waals surface area contributed by atoms with E-state index in [0.717, 1.165) is 25.9 Å². The molecule has 0 saturated carbocycles. The van der Waals surface area contributed by atoms with Crippen molar-refractivity contribution in [1.82, 2.24) is 9.80 Å². The zero-order valence-corrected chi connectivity index (χ0v) is 10.5. The van der Waals surface area contributed by atoms with Crippen LogP contribution in [0.4, 0.5) is 0 Å². The van der Waals surface area contributed by atoms with E-state index >= 15 is 0 Å². The lowest BCUT2D eigenvalue weighted by Gasteiger charge is -2.35. The Morgan fingerprint density at radius 3 is 2.27 bits per heavy atom. The smallest absolute Gasteiger partial charge is 0.222 e. The van der Waals surface area contributed by atoms with E-state index in [4.69, 9.17) is 0 Å². The molecule has 1 heterocycles. The number of carbonyl (C=O) groups excluding carboxylic acids is 1. The summed E-state index contributed by atoms with van der Waals surface area (Å²) in [6.45, 7) is 6.08. The average Bonchev–Trinajstić information content (AvgIpc) is 2.17. The first-order chi connectivity index (χ1) is 7.00. The second-order valence-electron chi connectivity index (χ2n) is 5.17. The van der Waals surface area contributed by atoms with Gasteiger partial charge in [0.15, 0.2) is 0 Å². The third-order valence-corrected chi connectivity index (χ3v) is 3.13. The second-order valence-corrected chi connectivity index (χ2v) is 5.17. The Balaban J connectivity index is 2.34. The molecule has 0 N–H and O–H groups in total. The molecular formula is C12H24N2O. The zero-order chi connectivity index (χ0) is 11.4. The Kier molecular flexibility index (Phi) is 4.58. The summed E-state index contributed by atoms with van der Waals surface area (Å²) in [5, 5.41) is 0. The van der Waals surface area contributed by atoms with Gasteiger partial charge in [0.1, 0.15) is 0 Å². The molecule has 0 aromatic rings. The third kappa shape index (κ3) is 3.82. The number of hydrogen-bond acceptors (Lipinski definition) is 2. The van der Waals surface area contributed by atoms with Crippen molar-refractivity contribution in [2.75, 3.05) is 27.2 Å². The van der Waals surface area contributed by atoms with Crippen molar-refractivity contribution in [3.63, 3.8) is 0 Å². The highest BCUT2D eigenvalue weighted by molar-refractivity contribution is 5.76. The molecule has 15 heavy (non-hydrogen) atoms. The molecule has 0 radical (unpaired) electrons. The Morgan fingerprint density at radius 2 is 1.87 bits per heavy atom. The van der Waals surface area contributed by atoms with Crippen molar-refractivity contribution in [3.05, 3.63) is 0 Å². The lowest BCUT2D eigenvalue weighted by Crippen LogP contribution is -2.44. The van der Waals surface area contributed by atoms with E-state index in [1.165, 1.54) is 0 Å². The predicted molar refractivity (Wildman–Crippen MR) is 62.7 cm³/mol. The van der Waals surface area contributed by atoms with Gasteiger partial charge in [-0.25, -0.2) is 0 Å². The molecule has 1 fully saturated rings. The van der Waals surface area contributed by atoms with Gasteiger partial charge >= 0.3 is 0 Å². The molecule has 1 rings (SSSR count). The summed E-state index contributed by atoms with van der Waals surface area (Å²) < 4.78 is 0. The standard InChI is InChI=1S/C12H24N2O/c1-10(2)9-12(15)14-7-5-11(6-8-14)13(3)4/h10-11H,5-9H2,1-4H3. The van der Waals surface area contributed by atoms with Crippen molar-refractivity contribution in [2.45, 2.75) is 39.2 Å². The number of hydrogen-bond donors (Lipinski definition) is 0. The molecule has 3 nitrogen and oxygen atoms in total. The monoisotopic (exact) mass is 212 g/mol. The summed E-state index contributed by atoms with van der Waals surface area (Å²) in [7, 11) is 4.24. The summed E-state index contributed by atoms with van der Waals surface area (Å²) >= 11 is 0. The van der Waals surface area contributed by atoms with Crippen molar-refractivity contribution >= 4 is 5.91 Å². The number of amides is 1. The van der Waals surface area contributed by atoms with Crippen LogP contribution in [-0.4, -0.2) is 48.9 Å². The molecule has 1 aliphatic heterocycles. The minimum atomic E-state index is 0.335. The van der Waals surface area contributed by atoms with Gasteiger partial charge in [0, 0.05) is 25.6 Å². The maximum Gasteiger partial charge on any atom is 0.222 e. The molecule has 1 saturated heterocycles. The summed E-state index contributed by atoms with van der Waals surface area (Å²) in [6, 6.07) is 0.660. The van der Waals surface area contributed by atoms with Crippen LogP contribution in [0.15, 0.2) is 0 Å². The van der Waals surface area contributed by atoms with Crippen LogP contribution in [0.2, 0.25) is 0 Å². The van der Waals surface area contributed by atoms with Crippen molar-refractivity contribution in [2.24, 2.45) is 5.92 Å². The van der Waals surface area contributed by atoms with Gasteiger partial charge in [0.2, 0.25) is 5.91 Å². The molecule has 0 unspecified atom stereocenters. The summed E-state index contributed by atoms with van der Waals surface area (Å²) in [4.78, 5) is 16.1. The Bertz CT molecular complexity index is 206. The van der Waals surface area contributed by atoms with E-state index in [9.17, 15) is 4.79 Å². The second kappa shape index (κ2) is 5.50. The maximum absolute atomic E-state index is 11.8. The molecule has 88 valence electrons. The summed E-state index contributed by atoms with van der Waals surface area (Å²) in [6.07, 6.45) is 2.94. The summed E-state index contributed by atoms with van der Waals surface area (Å²) in [5.74, 6) is 0.811. The number of likely N-dealkylation sites (tertiary alicyclic amines) is 1. The highest BCUT2D eigenvalue weighted by Gasteiger charge is 2.23. The fourth-order valence-electron chi connectivity index (χ4n) is 2.11. The number of nitrogens with zero attached hydrogens (tertiary/aromatic N) is 2. The van der Waals surface area contributed by atoms with Crippen molar-refractivity contribution < 1.29 is 4.79 Å². The van der Waals surface area contributed by atoms with Gasteiger partial charge in [0.05, 0.1) is 0 Å². The number of carbonyl (C=O) groups is 1. The van der Waals surface area contributed by atoms with E-state index in [1.807, 2.05) is 4.90 Å². The molecule has 0 atom stereocenters. The van der Waals surface area contributed by atoms with Gasteiger partial charge < -0.3 is 9.80 Å². The van der Waals surface area contributed by atoms with Gasteiger partial charge in [0.25, 0.3) is 0 Å². The van der Waals surface area contributed by atoms with Gasteiger partial charge in [-0.15, -0.1) is 0 Å². The molecule has 0 spiro atoms. The number of piperidine rings is 1. The maximum atomic E-state index is 11.8. The minimum absolute atomic E-state index is 0.335. The lowest BCUT2D eigenvalue weighted by atomic mass is 10.0. The van der Waals surface area contributed by atoms with Crippen LogP contribution in [0.25, 0.3) is 0 Å². The molecule has 3 heteroatoms. The predicted octanol–water partition coefficient (Wildman–Crippen LogP) is 1.59. The van der Waals surface area contributed by atoms with E-state index in [2.05, 4.69) is 32.8 Å². The van der Waals surface area contributed by atoms with Gasteiger partial charge in [-0.2, -0.15) is 0 Å². The Labute approximate surface area is 93.4 Å². The van der Waals surface area contributed by atoms with Crippen LogP contribution in [0.5, 0.6) is 0 Å². The van der Waals surface area contributed by atoms with Crippen LogP contribution >= 0.6 is 0 Å². The van der Waals surface area contributed by atoms with Crippen LogP contribution in [-0.2, 0) is 4.79 Å². The van der Waals surface area contributed by atoms with Gasteiger partial charge in [-0.3, -0.25) is 4.79 Å².